The summed E-state index contributed by atoms with van der Waals surface area (Å²) in [4.78, 5) is 11.4. The predicted molar refractivity (Wildman–Crippen MR) is 119 cm³/mol. The lowest BCUT2D eigenvalue weighted by Gasteiger charge is -2.19. The molecule has 6 heteroatoms. The second-order valence-corrected chi connectivity index (χ2v) is 8.31. The maximum atomic E-state index is 11.4. The van der Waals surface area contributed by atoms with E-state index in [9.17, 15) is 4.79 Å². The van der Waals surface area contributed by atoms with Crippen molar-refractivity contribution in [3.8, 4) is 0 Å². The molecule has 0 fully saturated rings. The third kappa shape index (κ3) is 13.3. The summed E-state index contributed by atoms with van der Waals surface area (Å²) < 4.78 is 10.6. The second kappa shape index (κ2) is 13.6. The Hall–Kier alpha value is -1.59. The van der Waals surface area contributed by atoms with Gasteiger partial charge >= 0.3 is 5.97 Å². The fourth-order valence-corrected chi connectivity index (χ4v) is 2.78. The summed E-state index contributed by atoms with van der Waals surface area (Å²) in [5.74, 6) is -0.227. The van der Waals surface area contributed by atoms with Crippen LogP contribution in [0.4, 0.5) is 0 Å². The van der Waals surface area contributed by atoms with E-state index < -0.39 is 5.60 Å². The molecule has 0 saturated heterocycles. The van der Waals surface area contributed by atoms with Gasteiger partial charge in [-0.15, -0.1) is 0 Å². The van der Waals surface area contributed by atoms with Gasteiger partial charge in [0.2, 0.25) is 0 Å². The number of hydrogen-bond donors (Lipinski definition) is 1. The maximum Gasteiger partial charge on any atom is 0.308 e. The smallest absolute Gasteiger partial charge is 0.308 e. The minimum Gasteiger partial charge on any atom is -0.460 e. The topological polar surface area (TPSA) is 55.8 Å². The Morgan fingerprint density at radius 3 is 1.97 bits per heavy atom. The Labute approximate surface area is 183 Å². The number of esters is 1. The highest BCUT2D eigenvalue weighted by molar-refractivity contribution is 6.30. The van der Waals surface area contributed by atoms with E-state index in [1.54, 1.807) is 0 Å². The molecule has 2 aromatic carbocycles. The molecule has 0 aliphatic carbocycles. The van der Waals surface area contributed by atoms with E-state index in [-0.39, 0.29) is 19.0 Å². The Balaban J connectivity index is 0.000000352. The van der Waals surface area contributed by atoms with Gasteiger partial charge in [-0.2, -0.15) is 0 Å². The average molecular weight is 441 g/mol. The van der Waals surface area contributed by atoms with Crippen LogP contribution in [0.5, 0.6) is 0 Å². The number of ether oxygens (including phenoxy) is 2. The van der Waals surface area contributed by atoms with Crippen molar-refractivity contribution in [2.45, 2.75) is 45.6 Å². The van der Waals surface area contributed by atoms with Crippen molar-refractivity contribution in [2.75, 3.05) is 19.8 Å². The quantitative estimate of drug-likeness (QED) is 0.434. The molecule has 2 aromatic rings. The molecule has 0 aliphatic rings. The normalized spacial score (nSPS) is 10.8. The van der Waals surface area contributed by atoms with Gasteiger partial charge in [0.1, 0.15) is 5.60 Å². The van der Waals surface area contributed by atoms with Gasteiger partial charge in [-0.1, -0.05) is 47.5 Å². The number of carbonyl (C=O) groups excluding carboxylic acids is 1. The minimum atomic E-state index is -0.433. The standard InChI is InChI=1S/C15H21ClO3.C8H9ClO/c1-15(2,3)19-14(17)8-10-18-9-7-12-5-4-6-13(16)11-12;9-8-3-1-2-7(6-8)4-5-10/h4-6,11H,7-10H2,1-3H3;1-3,6,10H,4-5H2. The van der Waals surface area contributed by atoms with E-state index in [4.69, 9.17) is 37.8 Å². The van der Waals surface area contributed by atoms with Crippen molar-refractivity contribution < 1.29 is 19.4 Å². The van der Waals surface area contributed by atoms with Gasteiger partial charge in [0.25, 0.3) is 0 Å². The van der Waals surface area contributed by atoms with E-state index in [0.29, 0.717) is 19.6 Å². The summed E-state index contributed by atoms with van der Waals surface area (Å²) in [7, 11) is 0. The van der Waals surface area contributed by atoms with Crippen LogP contribution in [0, 0.1) is 0 Å². The third-order valence-electron chi connectivity index (χ3n) is 3.58. The van der Waals surface area contributed by atoms with Crippen LogP contribution in [0.25, 0.3) is 0 Å². The van der Waals surface area contributed by atoms with Crippen molar-refractivity contribution >= 4 is 29.2 Å². The monoisotopic (exact) mass is 440 g/mol. The number of aliphatic hydroxyl groups is 1. The van der Waals surface area contributed by atoms with Crippen molar-refractivity contribution in [2.24, 2.45) is 0 Å². The second-order valence-electron chi connectivity index (χ2n) is 7.43. The van der Waals surface area contributed by atoms with Crippen LogP contribution < -0.4 is 0 Å². The number of rotatable bonds is 8. The molecular formula is C23H30Cl2O4. The molecule has 0 heterocycles. The molecule has 2 rings (SSSR count). The first-order chi connectivity index (χ1) is 13.7. The van der Waals surface area contributed by atoms with Crippen molar-refractivity contribution in [3.05, 3.63) is 69.7 Å². The third-order valence-corrected chi connectivity index (χ3v) is 4.05. The van der Waals surface area contributed by atoms with E-state index >= 15 is 0 Å². The molecule has 0 aliphatic heterocycles. The maximum absolute atomic E-state index is 11.4. The number of hydrogen-bond acceptors (Lipinski definition) is 4. The first-order valence-electron chi connectivity index (χ1n) is 9.59. The lowest BCUT2D eigenvalue weighted by Crippen LogP contribution is -2.24. The summed E-state index contributed by atoms with van der Waals surface area (Å²) >= 11 is 11.6. The fraction of sp³-hybridized carbons (Fsp3) is 0.435. The zero-order valence-corrected chi connectivity index (χ0v) is 18.8. The van der Waals surface area contributed by atoms with E-state index in [0.717, 1.165) is 27.6 Å². The Morgan fingerprint density at radius 2 is 1.48 bits per heavy atom. The average Bonchev–Trinajstić information content (AvgIpc) is 2.61. The number of benzene rings is 2. The summed E-state index contributed by atoms with van der Waals surface area (Å²) in [6.07, 6.45) is 1.75. The van der Waals surface area contributed by atoms with Crippen molar-refractivity contribution in [3.63, 3.8) is 0 Å². The van der Waals surface area contributed by atoms with E-state index in [2.05, 4.69) is 0 Å². The molecule has 0 radical (unpaired) electrons. The minimum absolute atomic E-state index is 0.181. The lowest BCUT2D eigenvalue weighted by molar-refractivity contribution is -0.156. The van der Waals surface area contributed by atoms with Crippen LogP contribution in [-0.2, 0) is 27.1 Å². The summed E-state index contributed by atoms with van der Waals surface area (Å²) in [6, 6.07) is 15.2. The van der Waals surface area contributed by atoms with Gasteiger partial charge < -0.3 is 14.6 Å². The molecular weight excluding hydrogens is 411 g/mol. The molecule has 0 saturated carbocycles. The zero-order chi connectivity index (χ0) is 21.7. The number of halogens is 2. The molecule has 160 valence electrons. The summed E-state index contributed by atoms with van der Waals surface area (Å²) in [5.41, 5.74) is 1.78. The molecule has 0 aromatic heterocycles. The highest BCUT2D eigenvalue weighted by atomic mass is 35.5. The Bertz CT molecular complexity index is 742. The van der Waals surface area contributed by atoms with Crippen molar-refractivity contribution in [1.82, 2.24) is 0 Å². The van der Waals surface area contributed by atoms with Gasteiger partial charge in [-0.25, -0.2) is 0 Å². The Morgan fingerprint density at radius 1 is 0.931 bits per heavy atom. The summed E-state index contributed by atoms with van der Waals surface area (Å²) in [5, 5.41) is 10.0. The van der Waals surface area contributed by atoms with Crippen LogP contribution in [-0.4, -0.2) is 36.5 Å². The van der Waals surface area contributed by atoms with Crippen LogP contribution in [0.1, 0.15) is 38.3 Å². The fourth-order valence-electron chi connectivity index (χ4n) is 2.35. The molecule has 0 atom stereocenters. The molecule has 0 spiro atoms. The van der Waals surface area contributed by atoms with E-state index in [1.807, 2.05) is 69.3 Å². The van der Waals surface area contributed by atoms with Crippen LogP contribution in [0.2, 0.25) is 10.0 Å². The van der Waals surface area contributed by atoms with Gasteiger partial charge in [-0.3, -0.25) is 4.79 Å². The van der Waals surface area contributed by atoms with Crippen LogP contribution in [0.3, 0.4) is 0 Å². The lowest BCUT2D eigenvalue weighted by atomic mass is 10.2. The highest BCUT2D eigenvalue weighted by Crippen LogP contribution is 2.12. The zero-order valence-electron chi connectivity index (χ0n) is 17.3. The van der Waals surface area contributed by atoms with Gasteiger partial charge in [0, 0.05) is 16.7 Å². The first-order valence-corrected chi connectivity index (χ1v) is 10.3. The largest absolute Gasteiger partial charge is 0.460 e. The van der Waals surface area contributed by atoms with Gasteiger partial charge in [-0.05, 0) is 69.0 Å². The first kappa shape index (κ1) is 25.4. The summed E-state index contributed by atoms with van der Waals surface area (Å²) in [6.45, 7) is 6.69. The molecule has 0 amide bonds. The molecule has 29 heavy (non-hydrogen) atoms. The van der Waals surface area contributed by atoms with E-state index in [1.165, 1.54) is 0 Å². The van der Waals surface area contributed by atoms with Gasteiger partial charge in [0.15, 0.2) is 0 Å². The number of aliphatic hydroxyl groups excluding tert-OH is 1. The van der Waals surface area contributed by atoms with Crippen LogP contribution >= 0.6 is 23.2 Å². The molecule has 4 nitrogen and oxygen atoms in total. The number of carbonyl (C=O) groups is 1. The molecule has 0 unspecified atom stereocenters. The predicted octanol–water partition coefficient (Wildman–Crippen LogP) is 5.51. The highest BCUT2D eigenvalue weighted by Gasteiger charge is 2.15. The van der Waals surface area contributed by atoms with Gasteiger partial charge in [0.05, 0.1) is 19.6 Å². The molecule has 0 bridgehead atoms. The van der Waals surface area contributed by atoms with Crippen molar-refractivity contribution in [1.29, 1.82) is 0 Å². The van der Waals surface area contributed by atoms with Crippen LogP contribution in [0.15, 0.2) is 48.5 Å². The molecule has 1 N–H and O–H groups in total. The SMILES string of the molecule is CC(C)(C)OC(=O)CCOCCc1cccc(Cl)c1.OCCc1cccc(Cl)c1. The Kier molecular flexibility index (Phi) is 11.9.